The van der Waals surface area contributed by atoms with Crippen LogP contribution in [0.25, 0.3) is 0 Å². The monoisotopic (exact) mass is 500 g/mol. The Morgan fingerprint density at radius 1 is 1.06 bits per heavy atom. The first-order valence-electron chi connectivity index (χ1n) is 14.6. The van der Waals surface area contributed by atoms with Gasteiger partial charge in [0.05, 0.1) is 11.7 Å². The van der Waals surface area contributed by atoms with E-state index in [0.29, 0.717) is 29.1 Å². The summed E-state index contributed by atoms with van der Waals surface area (Å²) in [6, 6.07) is 0. The minimum absolute atomic E-state index is 0.00428. The van der Waals surface area contributed by atoms with E-state index in [1.165, 1.54) is 19.3 Å². The zero-order valence-electron chi connectivity index (χ0n) is 24.4. The smallest absolute Gasteiger partial charge is 0.164 e. The molecule has 1 aliphatic heterocycles. The summed E-state index contributed by atoms with van der Waals surface area (Å²) in [4.78, 5) is 0. The molecule has 1 spiro atoms. The van der Waals surface area contributed by atoms with E-state index in [1.807, 2.05) is 7.11 Å². The number of allylic oxidation sites excluding steroid dienone is 2. The molecule has 0 aromatic heterocycles. The van der Waals surface area contributed by atoms with Gasteiger partial charge in [0.2, 0.25) is 0 Å². The molecule has 10 unspecified atom stereocenters. The number of hydrogen-bond acceptors (Lipinski definition) is 4. The molecule has 0 aromatic rings. The lowest BCUT2D eigenvalue weighted by Gasteiger charge is -2.65. The molecule has 1 saturated heterocycles. The van der Waals surface area contributed by atoms with E-state index in [0.717, 1.165) is 25.7 Å². The van der Waals surface area contributed by atoms with Crippen LogP contribution in [0, 0.1) is 45.3 Å². The van der Waals surface area contributed by atoms with Gasteiger partial charge >= 0.3 is 0 Å². The zero-order valence-corrected chi connectivity index (χ0v) is 24.4. The van der Waals surface area contributed by atoms with Crippen molar-refractivity contribution in [3.63, 3.8) is 0 Å². The van der Waals surface area contributed by atoms with E-state index >= 15 is 0 Å². The average molecular weight is 501 g/mol. The third-order valence-electron chi connectivity index (χ3n) is 12.9. The molecule has 4 aliphatic carbocycles. The summed E-state index contributed by atoms with van der Waals surface area (Å²) in [5, 5.41) is 11.0. The minimum Gasteiger partial charge on any atom is -0.392 e. The van der Waals surface area contributed by atoms with Gasteiger partial charge in [-0.15, -0.1) is 0 Å². The number of fused-ring (bicyclic) bond motifs is 2. The standard InChI is InChI=1S/C32H52O4/c1-21(11-10-16-27(2,3)35-9)22-14-17-30(7)23-15-18-32-24(12-13-25(33)28(32,4)5)31(23,26(34-8)36-32)20-19-29(22,30)6/h10,15-16,18,21-26,33H,11-14,17,19-20H2,1-9H3/b16-10+. The molecular formula is C32H52O4. The minimum atomic E-state index is -0.434. The summed E-state index contributed by atoms with van der Waals surface area (Å²) in [5.74, 6) is 2.20. The molecule has 0 aromatic carbocycles. The highest BCUT2D eigenvalue weighted by molar-refractivity contribution is 5.34. The summed E-state index contributed by atoms with van der Waals surface area (Å²) in [6.07, 6.45) is 16.9. The first kappa shape index (κ1) is 26.9. The third kappa shape index (κ3) is 3.20. The Balaban J connectivity index is 1.49. The lowest BCUT2D eigenvalue weighted by molar-refractivity contribution is -0.225. The first-order valence-corrected chi connectivity index (χ1v) is 14.6. The first-order chi connectivity index (χ1) is 16.8. The number of hydrogen-bond donors (Lipinski definition) is 1. The van der Waals surface area contributed by atoms with Crippen LogP contribution in [0.5, 0.6) is 0 Å². The van der Waals surface area contributed by atoms with Crippen LogP contribution in [0.1, 0.15) is 93.4 Å². The molecule has 4 heteroatoms. The Labute approximate surface area is 220 Å². The molecule has 0 radical (unpaired) electrons. The molecule has 10 atom stereocenters. The van der Waals surface area contributed by atoms with Crippen LogP contribution in [0.2, 0.25) is 0 Å². The number of rotatable bonds is 6. The lowest BCUT2D eigenvalue weighted by Crippen LogP contribution is -2.65. The van der Waals surface area contributed by atoms with Crippen LogP contribution in [-0.4, -0.2) is 42.9 Å². The van der Waals surface area contributed by atoms with E-state index < -0.39 is 5.60 Å². The van der Waals surface area contributed by atoms with Crippen molar-refractivity contribution in [3.8, 4) is 0 Å². The predicted octanol–water partition coefficient (Wildman–Crippen LogP) is 6.92. The average Bonchev–Trinajstić information content (AvgIpc) is 3.20. The summed E-state index contributed by atoms with van der Waals surface area (Å²) in [6.45, 7) is 16.3. The zero-order chi connectivity index (χ0) is 26.4. The Morgan fingerprint density at radius 2 is 1.78 bits per heavy atom. The molecule has 3 saturated carbocycles. The van der Waals surface area contributed by atoms with Crippen molar-refractivity contribution in [3.05, 3.63) is 24.3 Å². The maximum absolute atomic E-state index is 11.0. The Hall–Kier alpha value is -0.680. The summed E-state index contributed by atoms with van der Waals surface area (Å²) in [5.41, 5.74) is -0.460. The van der Waals surface area contributed by atoms with Gasteiger partial charge in [-0.2, -0.15) is 0 Å². The SMILES string of the molecule is COC1OC23C=CC4C1(CCC1(C)C(C(C)C/C=C/C(C)(C)OC)CCC41C)C2CCC(O)C3(C)C. The van der Waals surface area contributed by atoms with Crippen molar-refractivity contribution >= 4 is 0 Å². The highest BCUT2D eigenvalue weighted by Gasteiger charge is 2.78. The van der Waals surface area contributed by atoms with Crippen LogP contribution in [0.3, 0.4) is 0 Å². The lowest BCUT2D eigenvalue weighted by atomic mass is 9.38. The van der Waals surface area contributed by atoms with Gasteiger partial charge in [0, 0.05) is 31.0 Å². The van der Waals surface area contributed by atoms with Crippen molar-refractivity contribution < 1.29 is 19.3 Å². The van der Waals surface area contributed by atoms with Crippen LogP contribution in [0.15, 0.2) is 24.3 Å². The van der Waals surface area contributed by atoms with Gasteiger partial charge < -0.3 is 19.3 Å². The molecule has 0 amide bonds. The molecule has 36 heavy (non-hydrogen) atoms. The van der Waals surface area contributed by atoms with Crippen molar-refractivity contribution in [1.82, 2.24) is 0 Å². The van der Waals surface area contributed by atoms with Crippen LogP contribution in [-0.2, 0) is 14.2 Å². The fourth-order valence-corrected chi connectivity index (χ4v) is 10.3. The summed E-state index contributed by atoms with van der Waals surface area (Å²) < 4.78 is 18.8. The van der Waals surface area contributed by atoms with Gasteiger partial charge in [0.25, 0.3) is 0 Å². The van der Waals surface area contributed by atoms with Crippen molar-refractivity contribution in [2.45, 2.75) is 117 Å². The number of ether oxygens (including phenoxy) is 3. The topological polar surface area (TPSA) is 47.9 Å². The number of aliphatic hydroxyl groups is 1. The second-order valence-electron chi connectivity index (χ2n) is 14.7. The fraction of sp³-hybridized carbons (Fsp3) is 0.875. The van der Waals surface area contributed by atoms with E-state index in [1.54, 1.807) is 7.11 Å². The van der Waals surface area contributed by atoms with E-state index in [-0.39, 0.29) is 34.2 Å². The highest BCUT2D eigenvalue weighted by atomic mass is 16.7. The summed E-state index contributed by atoms with van der Waals surface area (Å²) >= 11 is 0. The quantitative estimate of drug-likeness (QED) is 0.402. The largest absolute Gasteiger partial charge is 0.392 e. The van der Waals surface area contributed by atoms with Crippen LogP contribution >= 0.6 is 0 Å². The van der Waals surface area contributed by atoms with E-state index in [4.69, 9.17) is 14.2 Å². The molecule has 5 rings (SSSR count). The second kappa shape index (κ2) is 8.41. The molecule has 2 bridgehead atoms. The molecule has 204 valence electrons. The second-order valence-corrected chi connectivity index (χ2v) is 14.7. The van der Waals surface area contributed by atoms with Crippen molar-refractivity contribution in [2.75, 3.05) is 14.2 Å². The Kier molecular flexibility index (Phi) is 6.28. The van der Waals surface area contributed by atoms with Crippen LogP contribution in [0.4, 0.5) is 0 Å². The normalized spacial score (nSPS) is 50.1. The summed E-state index contributed by atoms with van der Waals surface area (Å²) in [7, 11) is 3.63. The third-order valence-corrected chi connectivity index (χ3v) is 12.9. The predicted molar refractivity (Wildman–Crippen MR) is 144 cm³/mol. The van der Waals surface area contributed by atoms with Gasteiger partial charge in [-0.3, -0.25) is 0 Å². The molecule has 1 N–H and O–H groups in total. The molecule has 1 heterocycles. The number of aliphatic hydroxyl groups excluding tert-OH is 1. The van der Waals surface area contributed by atoms with Gasteiger partial charge in [-0.1, -0.05) is 58.9 Å². The van der Waals surface area contributed by atoms with Gasteiger partial charge in [-0.05, 0) is 87.4 Å². The van der Waals surface area contributed by atoms with Crippen LogP contribution < -0.4 is 0 Å². The maximum Gasteiger partial charge on any atom is 0.164 e. The van der Waals surface area contributed by atoms with Crippen molar-refractivity contribution in [2.24, 2.45) is 45.3 Å². The van der Waals surface area contributed by atoms with Crippen molar-refractivity contribution in [1.29, 1.82) is 0 Å². The molecule has 5 aliphatic rings. The van der Waals surface area contributed by atoms with Gasteiger partial charge in [0.15, 0.2) is 6.29 Å². The van der Waals surface area contributed by atoms with E-state index in [2.05, 4.69) is 72.8 Å². The Bertz CT molecular complexity index is 921. The van der Waals surface area contributed by atoms with E-state index in [9.17, 15) is 5.11 Å². The fourth-order valence-electron chi connectivity index (χ4n) is 10.3. The highest BCUT2D eigenvalue weighted by Crippen LogP contribution is 2.78. The van der Waals surface area contributed by atoms with Gasteiger partial charge in [0.1, 0.15) is 5.60 Å². The number of methoxy groups -OCH3 is 2. The van der Waals surface area contributed by atoms with Gasteiger partial charge in [-0.25, -0.2) is 0 Å². The Morgan fingerprint density at radius 3 is 2.44 bits per heavy atom. The molecular weight excluding hydrogens is 448 g/mol. The molecule has 4 fully saturated rings. The molecule has 4 nitrogen and oxygen atoms in total. The maximum atomic E-state index is 11.0.